The highest BCUT2D eigenvalue weighted by molar-refractivity contribution is 5.71. The number of carbonyl (C=O) groups excluding carboxylic acids is 3. The topological polar surface area (TPSA) is 78.9 Å². The van der Waals surface area contributed by atoms with E-state index in [0.29, 0.717) is 19.3 Å². The lowest BCUT2D eigenvalue weighted by Gasteiger charge is -2.18. The zero-order valence-corrected chi connectivity index (χ0v) is 54.8. The quantitative estimate of drug-likeness (QED) is 0.0261. The number of unbranched alkanes of at least 4 members (excludes halogenated alkanes) is 43. The first kappa shape index (κ1) is 78.8. The first-order chi connectivity index (χ1) is 40.5. The van der Waals surface area contributed by atoms with Gasteiger partial charge in [-0.25, -0.2) is 0 Å². The van der Waals surface area contributed by atoms with Crippen LogP contribution in [-0.4, -0.2) is 37.2 Å². The molecule has 0 bridgehead atoms. The van der Waals surface area contributed by atoms with E-state index in [1.54, 1.807) is 0 Å². The summed E-state index contributed by atoms with van der Waals surface area (Å²) >= 11 is 0. The van der Waals surface area contributed by atoms with Gasteiger partial charge in [0.15, 0.2) is 6.10 Å². The lowest BCUT2D eigenvalue weighted by Crippen LogP contribution is -2.30. The van der Waals surface area contributed by atoms with Crippen LogP contribution in [0.3, 0.4) is 0 Å². The molecule has 0 spiro atoms. The molecule has 0 N–H and O–H groups in total. The van der Waals surface area contributed by atoms with Gasteiger partial charge in [-0.2, -0.15) is 0 Å². The Labute approximate surface area is 510 Å². The maximum absolute atomic E-state index is 13.0. The summed E-state index contributed by atoms with van der Waals surface area (Å²) in [6, 6.07) is 0. The van der Waals surface area contributed by atoms with Crippen molar-refractivity contribution in [2.75, 3.05) is 13.2 Å². The Hall–Kier alpha value is -3.15. The second-order valence-corrected chi connectivity index (χ2v) is 24.1. The molecule has 0 saturated carbocycles. The highest BCUT2D eigenvalue weighted by atomic mass is 16.6. The number of carbonyl (C=O) groups is 3. The molecule has 0 aromatic heterocycles. The second-order valence-electron chi connectivity index (χ2n) is 24.1. The van der Waals surface area contributed by atoms with Gasteiger partial charge in [-0.3, -0.25) is 14.4 Å². The van der Waals surface area contributed by atoms with Gasteiger partial charge in [0.2, 0.25) is 0 Å². The van der Waals surface area contributed by atoms with Crippen LogP contribution in [-0.2, 0) is 28.6 Å². The Morgan fingerprint density at radius 2 is 0.476 bits per heavy atom. The summed E-state index contributed by atoms with van der Waals surface area (Å²) in [6.07, 6.45) is 92.1. The highest BCUT2D eigenvalue weighted by Gasteiger charge is 2.19. The summed E-state index contributed by atoms with van der Waals surface area (Å²) in [7, 11) is 0. The Morgan fingerprint density at radius 3 is 0.744 bits per heavy atom. The predicted molar refractivity (Wildman–Crippen MR) is 358 cm³/mol. The van der Waals surface area contributed by atoms with Crippen LogP contribution in [0.5, 0.6) is 0 Å². The molecule has 0 saturated heterocycles. The summed E-state index contributed by atoms with van der Waals surface area (Å²) in [5, 5.41) is 0. The molecule has 0 aromatic rings. The van der Waals surface area contributed by atoms with Crippen molar-refractivity contribution in [3.05, 3.63) is 72.9 Å². The summed E-state index contributed by atoms with van der Waals surface area (Å²) in [5.74, 6) is -0.854. The van der Waals surface area contributed by atoms with Crippen molar-refractivity contribution in [3.63, 3.8) is 0 Å². The smallest absolute Gasteiger partial charge is 0.306 e. The van der Waals surface area contributed by atoms with Crippen molar-refractivity contribution in [1.29, 1.82) is 0 Å². The van der Waals surface area contributed by atoms with Gasteiger partial charge in [-0.15, -0.1) is 0 Å². The molecule has 0 fully saturated rings. The Morgan fingerprint density at radius 1 is 0.256 bits per heavy atom. The fourth-order valence-corrected chi connectivity index (χ4v) is 10.6. The predicted octanol–water partition coefficient (Wildman–Crippen LogP) is 24.8. The van der Waals surface area contributed by atoms with Gasteiger partial charge in [-0.05, 0) is 70.6 Å². The lowest BCUT2D eigenvalue weighted by atomic mass is 10.0. The van der Waals surface area contributed by atoms with Gasteiger partial charge >= 0.3 is 17.9 Å². The average molecular weight is 1150 g/mol. The standard InChI is InChI=1S/C76H136O6/c1-4-7-10-13-16-19-22-25-28-31-33-35-36-37-38-39-40-41-43-45-48-51-54-57-60-63-66-69-75(78)81-72-73(71-80-74(77)68-65-62-59-56-53-50-47-44-30-27-24-21-18-15-12-9-6-3)82-76(79)70-67-64-61-58-55-52-49-46-42-34-32-29-26-23-20-17-14-11-8-5-2/h7,10,16,19,25,28,33,35,37-38,40-41,73H,4-6,8-9,11-15,17-18,20-24,26-27,29-32,34,36,39,42-72H2,1-3H3/b10-7-,19-16-,28-25-,35-33-,38-37-,41-40-. The largest absolute Gasteiger partial charge is 0.462 e. The molecule has 6 nitrogen and oxygen atoms in total. The van der Waals surface area contributed by atoms with Crippen molar-refractivity contribution in [2.24, 2.45) is 0 Å². The van der Waals surface area contributed by atoms with Crippen molar-refractivity contribution < 1.29 is 28.6 Å². The van der Waals surface area contributed by atoms with Crippen LogP contribution >= 0.6 is 0 Å². The summed E-state index contributed by atoms with van der Waals surface area (Å²) in [6.45, 7) is 6.59. The SMILES string of the molecule is CC/C=C\C/C=C\C/C=C\C/C=C\C/C=C\C/C=C\CCCCCCCCCCC(=O)OCC(COC(=O)CCCCCCCCCCCCCCCCCCC)OC(=O)CCCCCCCCCCCCCCCCCCCCCC. The monoisotopic (exact) mass is 1150 g/mol. The Balaban J connectivity index is 4.33. The molecular formula is C76H136O6. The molecule has 0 aliphatic rings. The van der Waals surface area contributed by atoms with Gasteiger partial charge in [0, 0.05) is 19.3 Å². The molecule has 476 valence electrons. The third-order valence-corrected chi connectivity index (χ3v) is 16.0. The Kier molecular flexibility index (Phi) is 67.6. The zero-order chi connectivity index (χ0) is 59.2. The van der Waals surface area contributed by atoms with E-state index in [9.17, 15) is 14.4 Å². The van der Waals surface area contributed by atoms with Crippen molar-refractivity contribution in [1.82, 2.24) is 0 Å². The average Bonchev–Trinajstić information content (AvgIpc) is 3.47. The molecule has 0 aliphatic carbocycles. The molecule has 1 atom stereocenters. The van der Waals surface area contributed by atoms with Gasteiger partial charge in [-0.1, -0.05) is 357 Å². The maximum atomic E-state index is 13.0. The summed E-state index contributed by atoms with van der Waals surface area (Å²) < 4.78 is 17.0. The summed E-state index contributed by atoms with van der Waals surface area (Å²) in [5.41, 5.74) is 0. The molecule has 0 aromatic carbocycles. The van der Waals surface area contributed by atoms with E-state index >= 15 is 0 Å². The summed E-state index contributed by atoms with van der Waals surface area (Å²) in [4.78, 5) is 38.5. The fraction of sp³-hybridized carbons (Fsp3) is 0.803. The first-order valence-electron chi connectivity index (χ1n) is 35.9. The van der Waals surface area contributed by atoms with Crippen LogP contribution in [0.2, 0.25) is 0 Å². The van der Waals surface area contributed by atoms with Crippen LogP contribution in [0.25, 0.3) is 0 Å². The van der Waals surface area contributed by atoms with E-state index in [4.69, 9.17) is 14.2 Å². The van der Waals surface area contributed by atoms with E-state index < -0.39 is 6.10 Å². The van der Waals surface area contributed by atoms with E-state index in [-0.39, 0.29) is 31.1 Å². The fourth-order valence-electron chi connectivity index (χ4n) is 10.6. The number of allylic oxidation sites excluding steroid dienone is 12. The van der Waals surface area contributed by atoms with Crippen molar-refractivity contribution >= 4 is 17.9 Å². The molecule has 6 heteroatoms. The maximum Gasteiger partial charge on any atom is 0.306 e. The van der Waals surface area contributed by atoms with E-state index in [0.717, 1.165) is 103 Å². The molecule has 0 heterocycles. The highest BCUT2D eigenvalue weighted by Crippen LogP contribution is 2.18. The number of hydrogen-bond acceptors (Lipinski definition) is 6. The van der Waals surface area contributed by atoms with E-state index in [2.05, 4.69) is 93.7 Å². The molecule has 0 aliphatic heterocycles. The normalized spacial score (nSPS) is 12.5. The number of hydrogen-bond donors (Lipinski definition) is 0. The number of esters is 3. The molecule has 1 unspecified atom stereocenters. The Bertz CT molecular complexity index is 1500. The zero-order valence-electron chi connectivity index (χ0n) is 54.8. The number of ether oxygens (including phenoxy) is 3. The lowest BCUT2D eigenvalue weighted by molar-refractivity contribution is -0.167. The van der Waals surface area contributed by atoms with E-state index in [1.807, 2.05) is 0 Å². The van der Waals surface area contributed by atoms with Crippen molar-refractivity contribution in [2.45, 2.75) is 380 Å². The van der Waals surface area contributed by atoms with Crippen LogP contribution in [0.4, 0.5) is 0 Å². The third-order valence-electron chi connectivity index (χ3n) is 16.0. The minimum Gasteiger partial charge on any atom is -0.462 e. The van der Waals surface area contributed by atoms with Crippen LogP contribution in [0.15, 0.2) is 72.9 Å². The van der Waals surface area contributed by atoms with Crippen LogP contribution in [0.1, 0.15) is 374 Å². The minimum atomic E-state index is -0.777. The van der Waals surface area contributed by atoms with Gasteiger partial charge < -0.3 is 14.2 Å². The first-order valence-corrected chi connectivity index (χ1v) is 35.9. The van der Waals surface area contributed by atoms with Crippen LogP contribution in [0, 0.1) is 0 Å². The molecule has 0 radical (unpaired) electrons. The number of rotatable bonds is 66. The van der Waals surface area contributed by atoms with Gasteiger partial charge in [0.1, 0.15) is 13.2 Å². The third kappa shape index (κ3) is 67.6. The second kappa shape index (κ2) is 70.3. The van der Waals surface area contributed by atoms with Crippen molar-refractivity contribution in [3.8, 4) is 0 Å². The molecule has 82 heavy (non-hydrogen) atoms. The van der Waals surface area contributed by atoms with E-state index in [1.165, 1.54) is 231 Å². The minimum absolute atomic E-state index is 0.0720. The van der Waals surface area contributed by atoms with Gasteiger partial charge in [0.05, 0.1) is 0 Å². The van der Waals surface area contributed by atoms with Crippen LogP contribution < -0.4 is 0 Å². The molecular weight excluding hydrogens is 1010 g/mol. The molecule has 0 amide bonds. The van der Waals surface area contributed by atoms with Gasteiger partial charge in [0.25, 0.3) is 0 Å². The molecule has 0 rings (SSSR count).